The van der Waals surface area contributed by atoms with Crippen molar-refractivity contribution in [3.8, 4) is 0 Å². The summed E-state index contributed by atoms with van der Waals surface area (Å²) in [5, 5.41) is 50.3. The van der Waals surface area contributed by atoms with Crippen LogP contribution in [0.4, 0.5) is 0 Å². The van der Waals surface area contributed by atoms with E-state index in [0.29, 0.717) is 12.8 Å². The van der Waals surface area contributed by atoms with E-state index >= 15 is 0 Å². The van der Waals surface area contributed by atoms with E-state index in [2.05, 4.69) is 50.3 Å². The maximum Gasteiger partial charge on any atom is 0.472 e. The molecule has 14 heteroatoms. The molecule has 8 atom stereocenters. The van der Waals surface area contributed by atoms with Crippen molar-refractivity contribution in [2.45, 2.75) is 275 Å². The van der Waals surface area contributed by atoms with Crippen LogP contribution in [0.15, 0.2) is 36.5 Å². The van der Waals surface area contributed by atoms with E-state index in [9.17, 15) is 44.6 Å². The predicted octanol–water partition coefficient (Wildman–Crippen LogP) is 11.7. The van der Waals surface area contributed by atoms with Gasteiger partial charge < -0.3 is 39.9 Å². The van der Waals surface area contributed by atoms with Crippen molar-refractivity contribution in [1.29, 1.82) is 0 Å². The van der Waals surface area contributed by atoms with Crippen LogP contribution in [-0.4, -0.2) is 98.3 Å². The molecule has 67 heavy (non-hydrogen) atoms. The van der Waals surface area contributed by atoms with Gasteiger partial charge in [0.1, 0.15) is 43.2 Å². The van der Waals surface area contributed by atoms with Gasteiger partial charge in [0.05, 0.1) is 6.61 Å². The van der Waals surface area contributed by atoms with Gasteiger partial charge in [-0.1, -0.05) is 204 Å². The fourth-order valence-corrected chi connectivity index (χ4v) is 9.15. The molecule has 13 nitrogen and oxygen atoms in total. The zero-order valence-corrected chi connectivity index (χ0v) is 42.8. The van der Waals surface area contributed by atoms with Crippen molar-refractivity contribution in [3.05, 3.63) is 36.5 Å². The number of aliphatic hydroxyl groups is 5. The van der Waals surface area contributed by atoms with Crippen molar-refractivity contribution in [2.75, 3.05) is 13.2 Å². The SMILES string of the molecule is CCCCC/C=C/C/C=C/C/C=C/CCCCCCC(=O)OC[C@H](COP(=O)(O)OC1C(O)C(O)C(O)[C@@H](O)C1O)OC(=O)CCCCCCCCCCCCCCCCCCCCCCC. The van der Waals surface area contributed by atoms with Gasteiger partial charge in [0.15, 0.2) is 6.10 Å². The molecule has 392 valence electrons. The average molecular weight is 973 g/mol. The lowest BCUT2D eigenvalue weighted by molar-refractivity contribution is -0.220. The lowest BCUT2D eigenvalue weighted by Crippen LogP contribution is -2.64. The van der Waals surface area contributed by atoms with Gasteiger partial charge in [-0.3, -0.25) is 18.6 Å². The van der Waals surface area contributed by atoms with Crippen LogP contribution in [0, 0.1) is 0 Å². The topological polar surface area (TPSA) is 210 Å². The first-order valence-electron chi connectivity index (χ1n) is 26.8. The van der Waals surface area contributed by atoms with Crippen molar-refractivity contribution in [2.24, 2.45) is 0 Å². The zero-order valence-electron chi connectivity index (χ0n) is 41.9. The summed E-state index contributed by atoms with van der Waals surface area (Å²) in [4.78, 5) is 35.9. The van der Waals surface area contributed by atoms with Crippen LogP contribution in [0.25, 0.3) is 0 Å². The largest absolute Gasteiger partial charge is 0.472 e. The number of aliphatic hydroxyl groups excluding tert-OH is 5. The van der Waals surface area contributed by atoms with Gasteiger partial charge in [-0.25, -0.2) is 4.57 Å². The molecule has 1 saturated carbocycles. The number of allylic oxidation sites excluding steroid dienone is 6. The quantitative estimate of drug-likeness (QED) is 0.0145. The number of hydrogen-bond acceptors (Lipinski definition) is 12. The van der Waals surface area contributed by atoms with Gasteiger partial charge in [0.25, 0.3) is 0 Å². The molecule has 6 unspecified atom stereocenters. The molecule has 0 aliphatic heterocycles. The number of phosphoric acid groups is 1. The molecule has 1 aliphatic carbocycles. The van der Waals surface area contributed by atoms with E-state index in [0.717, 1.165) is 70.6 Å². The maximum atomic E-state index is 12.9. The van der Waals surface area contributed by atoms with Crippen LogP contribution in [0.3, 0.4) is 0 Å². The van der Waals surface area contributed by atoms with E-state index in [4.69, 9.17) is 18.5 Å². The molecular weight excluding hydrogens is 876 g/mol. The second-order valence-corrected chi connectivity index (χ2v) is 20.1. The van der Waals surface area contributed by atoms with Crippen molar-refractivity contribution in [3.63, 3.8) is 0 Å². The molecule has 0 radical (unpaired) electrons. The molecule has 1 aliphatic rings. The number of phosphoric ester groups is 1. The summed E-state index contributed by atoms with van der Waals surface area (Å²) in [5.74, 6) is -1.11. The lowest BCUT2D eigenvalue weighted by atomic mass is 9.85. The van der Waals surface area contributed by atoms with E-state index in [-0.39, 0.29) is 12.8 Å². The number of esters is 2. The third kappa shape index (κ3) is 34.9. The molecule has 0 saturated heterocycles. The molecule has 0 aromatic heterocycles. The average Bonchev–Trinajstić information content (AvgIpc) is 3.31. The third-order valence-corrected chi connectivity index (χ3v) is 13.5. The smallest absolute Gasteiger partial charge is 0.462 e. The maximum absolute atomic E-state index is 12.9. The molecule has 0 heterocycles. The first-order valence-corrected chi connectivity index (χ1v) is 28.3. The van der Waals surface area contributed by atoms with E-state index in [1.54, 1.807) is 0 Å². The summed E-state index contributed by atoms with van der Waals surface area (Å²) in [6.45, 7) is 3.29. The number of carbonyl (C=O) groups is 2. The van der Waals surface area contributed by atoms with Crippen LogP contribution in [0.1, 0.15) is 232 Å². The van der Waals surface area contributed by atoms with E-state index in [1.807, 2.05) is 0 Å². The molecule has 0 aromatic carbocycles. The Balaban J connectivity index is 2.38. The Morgan fingerprint density at radius 1 is 0.463 bits per heavy atom. The molecule has 0 bridgehead atoms. The van der Waals surface area contributed by atoms with E-state index in [1.165, 1.54) is 122 Å². The summed E-state index contributed by atoms with van der Waals surface area (Å²) in [6.07, 6.45) is 37.6. The highest BCUT2D eigenvalue weighted by atomic mass is 31.2. The first-order chi connectivity index (χ1) is 32.4. The monoisotopic (exact) mass is 973 g/mol. The second-order valence-electron chi connectivity index (χ2n) is 18.7. The van der Waals surface area contributed by atoms with Crippen LogP contribution in [0.5, 0.6) is 0 Å². The highest BCUT2D eigenvalue weighted by molar-refractivity contribution is 7.47. The Morgan fingerprint density at radius 2 is 0.806 bits per heavy atom. The summed E-state index contributed by atoms with van der Waals surface area (Å²) in [7, 11) is -5.13. The molecule has 0 aromatic rings. The third-order valence-electron chi connectivity index (χ3n) is 12.5. The molecule has 1 rings (SSSR count). The van der Waals surface area contributed by atoms with Gasteiger partial charge in [-0.05, 0) is 51.4 Å². The first kappa shape index (κ1) is 63.1. The predicted molar refractivity (Wildman–Crippen MR) is 267 cm³/mol. The van der Waals surface area contributed by atoms with Crippen LogP contribution in [0.2, 0.25) is 0 Å². The number of hydrogen-bond donors (Lipinski definition) is 6. The fourth-order valence-electron chi connectivity index (χ4n) is 8.18. The molecule has 0 amide bonds. The Bertz CT molecular complexity index is 1310. The standard InChI is InChI=1S/C53H97O13P/c1-3-5-7-9-11-13-15-17-19-21-22-23-24-26-28-30-32-34-36-38-40-42-47(55)65-45(44-64-67(61,62)66-53-51(59)49(57)48(56)50(58)52(53)60)43-63-46(54)41-39-37-35-33-31-29-27-25-20-18-16-14-12-10-8-6-4-2/h12,14,18,20,27,29,45,48-53,56-60H,3-11,13,15-17,19,21-26,28,30-44H2,1-2H3,(H,61,62)/b14-12+,20-18+,29-27+/t45-,48?,49-,50?,51?,52?,53?/m1/s1. The molecule has 0 spiro atoms. The second kappa shape index (κ2) is 42.9. The summed E-state index contributed by atoms with van der Waals surface area (Å²) in [6, 6.07) is 0. The Kier molecular flexibility index (Phi) is 40.4. The normalized spacial score (nSPS) is 21.4. The van der Waals surface area contributed by atoms with Crippen LogP contribution < -0.4 is 0 Å². The number of ether oxygens (including phenoxy) is 2. The highest BCUT2D eigenvalue weighted by Crippen LogP contribution is 2.47. The molecule has 1 fully saturated rings. The summed E-state index contributed by atoms with van der Waals surface area (Å²) >= 11 is 0. The van der Waals surface area contributed by atoms with Gasteiger partial charge in [0, 0.05) is 12.8 Å². The number of carbonyl (C=O) groups excluding carboxylic acids is 2. The molecule has 6 N–H and O–H groups in total. The zero-order chi connectivity index (χ0) is 49.2. The summed E-state index contributed by atoms with van der Waals surface area (Å²) < 4.78 is 33.7. The van der Waals surface area contributed by atoms with Gasteiger partial charge >= 0.3 is 19.8 Å². The minimum absolute atomic E-state index is 0.0953. The Morgan fingerprint density at radius 3 is 1.25 bits per heavy atom. The van der Waals surface area contributed by atoms with Gasteiger partial charge in [-0.15, -0.1) is 0 Å². The minimum Gasteiger partial charge on any atom is -0.462 e. The lowest BCUT2D eigenvalue weighted by Gasteiger charge is -2.41. The van der Waals surface area contributed by atoms with Crippen molar-refractivity contribution >= 4 is 19.8 Å². The molecular formula is C53H97O13P. The number of unbranched alkanes of at least 4 members (excludes halogenated alkanes) is 27. The summed E-state index contributed by atoms with van der Waals surface area (Å²) in [5.41, 5.74) is 0. The van der Waals surface area contributed by atoms with E-state index < -0.39 is 75.7 Å². The van der Waals surface area contributed by atoms with Gasteiger partial charge in [0.2, 0.25) is 0 Å². The van der Waals surface area contributed by atoms with Crippen molar-refractivity contribution < 1.29 is 63.1 Å². The Labute approximate surface area is 406 Å². The fraction of sp³-hybridized carbons (Fsp3) is 0.849. The minimum atomic E-state index is -5.13. The van der Waals surface area contributed by atoms with Gasteiger partial charge in [-0.2, -0.15) is 0 Å². The number of rotatable bonds is 45. The van der Waals surface area contributed by atoms with Crippen LogP contribution >= 0.6 is 7.82 Å². The Hall–Kier alpha value is -1.93. The highest BCUT2D eigenvalue weighted by Gasteiger charge is 2.51. The van der Waals surface area contributed by atoms with Crippen molar-refractivity contribution in [1.82, 2.24) is 0 Å². The van der Waals surface area contributed by atoms with Crippen LogP contribution in [-0.2, 0) is 32.7 Å².